The number of allylic oxidation sites excluding steroid dienone is 2. The van der Waals surface area contributed by atoms with Crippen LogP contribution in [-0.4, -0.2) is 167 Å². The summed E-state index contributed by atoms with van der Waals surface area (Å²) in [5.41, 5.74) is 0. The van der Waals surface area contributed by atoms with Crippen molar-refractivity contribution in [2.75, 3.05) is 19.8 Å². The molecule has 0 aromatic rings. The second kappa shape index (κ2) is 31.7. The van der Waals surface area contributed by atoms with E-state index in [1.54, 1.807) is 0 Å². The smallest absolute Gasteiger partial charge is 0.158 e. The zero-order valence-electron chi connectivity index (χ0n) is 34.8. The number of ketones is 1. The zero-order chi connectivity index (χ0) is 42.8. The molecule has 0 unspecified atom stereocenters. The van der Waals surface area contributed by atoms with E-state index in [-0.39, 0.29) is 32.0 Å². The second-order valence-corrected chi connectivity index (χ2v) is 16.0. The summed E-state index contributed by atoms with van der Waals surface area (Å²) in [6.45, 7) is 6.40. The maximum absolute atomic E-state index is 11.7. The molecular formula is C42H80O15. The van der Waals surface area contributed by atoms with Crippen LogP contribution in [0.4, 0.5) is 0 Å². The van der Waals surface area contributed by atoms with Crippen molar-refractivity contribution in [3.63, 3.8) is 0 Å². The van der Waals surface area contributed by atoms with Crippen LogP contribution in [-0.2, 0) is 19.0 Å². The van der Waals surface area contributed by atoms with E-state index >= 15 is 0 Å². The number of aliphatic hydroxyl groups excluding tert-OH is 11. The van der Waals surface area contributed by atoms with Crippen LogP contribution in [0.25, 0.3) is 0 Å². The van der Waals surface area contributed by atoms with Gasteiger partial charge >= 0.3 is 0 Å². The Kier molecular flexibility index (Phi) is 29.9. The third-order valence-electron chi connectivity index (χ3n) is 10.8. The molecule has 3 rings (SSSR count). The first-order chi connectivity index (χ1) is 27.2. The molecule has 11 N–H and O–H groups in total. The first-order valence-corrected chi connectivity index (χ1v) is 21.7. The van der Waals surface area contributed by atoms with Gasteiger partial charge in [0, 0.05) is 19.3 Å². The van der Waals surface area contributed by atoms with Crippen LogP contribution >= 0.6 is 0 Å². The lowest BCUT2D eigenvalue weighted by Crippen LogP contribution is -2.53. The maximum atomic E-state index is 11.7. The number of aliphatic hydroxyl groups is 11. The SMILES string of the molecule is CCCCC/C=C/C(=O)C[C@@H]1OC[C@@H](O)[C@H](O)[C@H]1O.CCCCCCC[C@@H](O)C[C@@H]1OC[C@@H](O)[C@H](O)[C@H]1O.CCCCCCC[C@H](O)C[C@@H]1OC[C@@H](O)[C@H](O)[C@H]1O. The fourth-order valence-corrected chi connectivity index (χ4v) is 6.93. The van der Waals surface area contributed by atoms with E-state index in [0.29, 0.717) is 25.7 Å². The standard InChI is InChI=1S/2C14H28O5.C14H24O5/c3*1-2-3-4-5-6-7-10(15)8-12-14(18)13(17)11(16)9-19-12/h2*10-18H,2-9H2,1H3;6-7,11-14,16-18H,2-5,8-9H2,1H3/b;;7-6+/t10-,11+,12-,13-,14-;10-,11-,12+,13+,14+;11-,12+,13+,14+/m011/s1. The Morgan fingerprint density at radius 1 is 0.509 bits per heavy atom. The van der Waals surface area contributed by atoms with Gasteiger partial charge < -0.3 is 70.4 Å². The molecule has 338 valence electrons. The largest absolute Gasteiger partial charge is 0.393 e. The van der Waals surface area contributed by atoms with Crippen LogP contribution < -0.4 is 0 Å². The van der Waals surface area contributed by atoms with Gasteiger partial charge in [-0.15, -0.1) is 0 Å². The normalized spacial score (nSPS) is 32.8. The quantitative estimate of drug-likeness (QED) is 0.0518. The van der Waals surface area contributed by atoms with Crippen LogP contribution in [0.3, 0.4) is 0 Å². The summed E-state index contributed by atoms with van der Waals surface area (Å²) in [4.78, 5) is 11.7. The van der Waals surface area contributed by atoms with Crippen molar-refractivity contribution >= 4 is 5.78 Å². The van der Waals surface area contributed by atoms with E-state index in [1.165, 1.54) is 44.6 Å². The summed E-state index contributed by atoms with van der Waals surface area (Å²) in [7, 11) is 0. The lowest BCUT2D eigenvalue weighted by molar-refractivity contribution is -0.193. The van der Waals surface area contributed by atoms with E-state index in [0.717, 1.165) is 51.4 Å². The van der Waals surface area contributed by atoms with Crippen LogP contribution in [0.1, 0.15) is 143 Å². The number of rotatable bonds is 23. The van der Waals surface area contributed by atoms with Gasteiger partial charge in [0.25, 0.3) is 0 Å². The van der Waals surface area contributed by atoms with Gasteiger partial charge in [-0.2, -0.15) is 0 Å². The number of carbonyl (C=O) groups is 1. The van der Waals surface area contributed by atoms with Gasteiger partial charge in [0.2, 0.25) is 0 Å². The highest BCUT2D eigenvalue weighted by atomic mass is 16.5. The van der Waals surface area contributed by atoms with Gasteiger partial charge in [-0.1, -0.05) is 104 Å². The first kappa shape index (κ1) is 53.9. The fourth-order valence-electron chi connectivity index (χ4n) is 6.93. The van der Waals surface area contributed by atoms with Gasteiger partial charge in [0.1, 0.15) is 54.9 Å². The van der Waals surface area contributed by atoms with E-state index in [9.17, 15) is 61.0 Å². The molecule has 0 aromatic carbocycles. The minimum Gasteiger partial charge on any atom is -0.393 e. The molecule has 3 saturated heterocycles. The van der Waals surface area contributed by atoms with Crippen molar-refractivity contribution in [3.05, 3.63) is 12.2 Å². The molecule has 57 heavy (non-hydrogen) atoms. The Labute approximate surface area is 340 Å². The van der Waals surface area contributed by atoms with Gasteiger partial charge in [-0.05, 0) is 31.8 Å². The van der Waals surface area contributed by atoms with Crippen molar-refractivity contribution in [1.82, 2.24) is 0 Å². The summed E-state index contributed by atoms with van der Waals surface area (Å²) in [6.07, 6.45) is 7.71. The average Bonchev–Trinajstić information content (AvgIpc) is 3.19. The number of hydrogen-bond donors (Lipinski definition) is 11. The molecule has 0 aliphatic carbocycles. The van der Waals surface area contributed by atoms with Crippen molar-refractivity contribution in [3.8, 4) is 0 Å². The number of ether oxygens (including phenoxy) is 3. The summed E-state index contributed by atoms with van der Waals surface area (Å²) < 4.78 is 15.7. The molecule has 15 nitrogen and oxygen atoms in total. The van der Waals surface area contributed by atoms with Gasteiger partial charge in [-0.3, -0.25) is 4.79 Å². The summed E-state index contributed by atoms with van der Waals surface area (Å²) in [5.74, 6) is -0.135. The summed E-state index contributed by atoms with van der Waals surface area (Å²) in [5, 5.41) is 105. The van der Waals surface area contributed by atoms with Crippen LogP contribution in [0.5, 0.6) is 0 Å². The topological polar surface area (TPSA) is 267 Å². The van der Waals surface area contributed by atoms with Crippen molar-refractivity contribution in [2.45, 2.75) is 228 Å². The van der Waals surface area contributed by atoms with Gasteiger partial charge in [0.15, 0.2) is 5.78 Å². The van der Waals surface area contributed by atoms with E-state index in [2.05, 4.69) is 20.8 Å². The highest BCUT2D eigenvalue weighted by Gasteiger charge is 2.40. The summed E-state index contributed by atoms with van der Waals surface area (Å²) in [6, 6.07) is 0. The Morgan fingerprint density at radius 3 is 1.26 bits per heavy atom. The minimum atomic E-state index is -1.25. The molecule has 3 fully saturated rings. The number of hydrogen-bond acceptors (Lipinski definition) is 15. The molecule has 0 aromatic heterocycles. The highest BCUT2D eigenvalue weighted by molar-refractivity contribution is 5.90. The molecule has 0 amide bonds. The Hall–Kier alpha value is -1.15. The van der Waals surface area contributed by atoms with Crippen LogP contribution in [0, 0.1) is 0 Å². The lowest BCUT2D eigenvalue weighted by Gasteiger charge is -2.36. The van der Waals surface area contributed by atoms with Gasteiger partial charge in [0.05, 0.1) is 50.3 Å². The van der Waals surface area contributed by atoms with E-state index in [4.69, 9.17) is 14.2 Å². The Morgan fingerprint density at radius 2 is 0.860 bits per heavy atom. The number of unbranched alkanes of at least 4 members (excludes halogenated alkanes) is 11. The lowest BCUT2D eigenvalue weighted by atomic mass is 9.94. The third kappa shape index (κ3) is 22.3. The van der Waals surface area contributed by atoms with Gasteiger partial charge in [-0.25, -0.2) is 0 Å². The molecular weight excluding hydrogens is 744 g/mol. The van der Waals surface area contributed by atoms with Crippen molar-refractivity contribution in [1.29, 1.82) is 0 Å². The second-order valence-electron chi connectivity index (χ2n) is 16.0. The zero-order valence-corrected chi connectivity index (χ0v) is 34.8. The highest BCUT2D eigenvalue weighted by Crippen LogP contribution is 2.23. The Balaban J connectivity index is 0.000000427. The Bertz CT molecular complexity index is 972. The van der Waals surface area contributed by atoms with Crippen LogP contribution in [0.15, 0.2) is 12.2 Å². The van der Waals surface area contributed by atoms with Crippen molar-refractivity contribution in [2.24, 2.45) is 0 Å². The molecule has 15 heteroatoms. The first-order valence-electron chi connectivity index (χ1n) is 21.7. The predicted octanol–water partition coefficient (Wildman–Crippen LogP) is 1.72. The van der Waals surface area contributed by atoms with Crippen molar-refractivity contribution < 1.29 is 75.2 Å². The van der Waals surface area contributed by atoms with Crippen LogP contribution in [0.2, 0.25) is 0 Å². The molecule has 3 aliphatic heterocycles. The predicted molar refractivity (Wildman–Crippen MR) is 214 cm³/mol. The number of carbonyl (C=O) groups excluding carboxylic acids is 1. The fraction of sp³-hybridized carbons (Fsp3) is 0.929. The third-order valence-corrected chi connectivity index (χ3v) is 10.8. The van der Waals surface area contributed by atoms with E-state index in [1.807, 2.05) is 6.08 Å². The molecule has 0 saturated carbocycles. The van der Waals surface area contributed by atoms with E-state index < -0.39 is 85.5 Å². The molecule has 3 aliphatic rings. The molecule has 14 atom stereocenters. The molecule has 3 heterocycles. The molecule has 0 spiro atoms. The minimum absolute atomic E-state index is 0.00606. The summed E-state index contributed by atoms with van der Waals surface area (Å²) >= 11 is 0. The maximum Gasteiger partial charge on any atom is 0.158 e. The monoisotopic (exact) mass is 825 g/mol. The molecule has 0 radical (unpaired) electrons. The molecule has 0 bridgehead atoms. The average molecular weight is 825 g/mol.